The Morgan fingerprint density at radius 3 is 2.64 bits per heavy atom. The second-order valence-electron chi connectivity index (χ2n) is 2.99. The molecule has 1 aromatic carbocycles. The first kappa shape index (κ1) is 9.09. The molecule has 0 spiro atoms. The summed E-state index contributed by atoms with van der Waals surface area (Å²) in [7, 11) is 0. The van der Waals surface area contributed by atoms with Crippen LogP contribution in [0.15, 0.2) is 40.1 Å². The van der Waals surface area contributed by atoms with Gasteiger partial charge in [0.1, 0.15) is 5.70 Å². The Balaban J connectivity index is 2.51. The van der Waals surface area contributed by atoms with Gasteiger partial charge in [0.2, 0.25) is 0 Å². The molecule has 0 aliphatic carbocycles. The first-order valence-electron chi connectivity index (χ1n) is 4.11. The Bertz CT molecular complexity index is 463. The molecule has 0 saturated heterocycles. The Hall–Kier alpha value is -1.48. The fraction of sp³-hybridized carbons (Fsp3) is 0.100. The highest BCUT2D eigenvalue weighted by Gasteiger charge is 2.17. The normalized spacial score (nSPS) is 15.4. The van der Waals surface area contributed by atoms with E-state index in [1.54, 1.807) is 19.1 Å². The van der Waals surface area contributed by atoms with Gasteiger partial charge >= 0.3 is 0 Å². The maximum absolute atomic E-state index is 11.1. The molecule has 1 aliphatic rings. The summed E-state index contributed by atoms with van der Waals surface area (Å²) >= 11 is 5.83. The van der Waals surface area contributed by atoms with E-state index in [1.807, 2.05) is 12.1 Å². The molecule has 1 amide bonds. The molecule has 1 aromatic rings. The Morgan fingerprint density at radius 1 is 1.29 bits per heavy atom. The maximum atomic E-state index is 11.1. The molecule has 0 unspecified atom stereocenters. The van der Waals surface area contributed by atoms with Crippen LogP contribution in [-0.4, -0.2) is 5.91 Å². The Labute approximate surface area is 86.1 Å². The van der Waals surface area contributed by atoms with Gasteiger partial charge in [0.25, 0.3) is 5.91 Å². The van der Waals surface area contributed by atoms with Gasteiger partial charge < -0.3 is 0 Å². The lowest BCUT2D eigenvalue weighted by Gasteiger charge is -1.99. The van der Waals surface area contributed by atoms with Crippen LogP contribution in [0.25, 0.3) is 5.70 Å². The molecule has 3 nitrogen and oxygen atoms in total. The minimum Gasteiger partial charge on any atom is -0.265 e. The molecule has 0 saturated carbocycles. The standard InChI is InChI=1S/C10H7ClN2O/c1-6-9(12-13-10(6)14)7-3-2-4-8(11)5-7/h2-5H,1H3. The predicted octanol–water partition coefficient (Wildman–Crippen LogP) is 3.06. The minimum atomic E-state index is -0.278. The van der Waals surface area contributed by atoms with Crippen molar-refractivity contribution in [3.8, 4) is 0 Å². The smallest absolute Gasteiger partial charge is 0.265 e. The molecule has 0 fully saturated rings. The third-order valence-electron chi connectivity index (χ3n) is 2.01. The van der Waals surface area contributed by atoms with Crippen LogP contribution < -0.4 is 0 Å². The number of hydrogen-bond donors (Lipinski definition) is 0. The molecular weight excluding hydrogens is 200 g/mol. The van der Waals surface area contributed by atoms with E-state index in [2.05, 4.69) is 10.2 Å². The summed E-state index contributed by atoms with van der Waals surface area (Å²) in [6.45, 7) is 1.71. The molecule has 4 heteroatoms. The third-order valence-corrected chi connectivity index (χ3v) is 2.25. The van der Waals surface area contributed by atoms with E-state index >= 15 is 0 Å². The van der Waals surface area contributed by atoms with Crippen LogP contribution in [0.2, 0.25) is 5.02 Å². The lowest BCUT2D eigenvalue weighted by molar-refractivity contribution is -0.114. The Morgan fingerprint density at radius 2 is 2.07 bits per heavy atom. The number of carbonyl (C=O) groups is 1. The zero-order chi connectivity index (χ0) is 10.1. The van der Waals surface area contributed by atoms with Gasteiger partial charge in [-0.1, -0.05) is 23.7 Å². The predicted molar refractivity (Wildman–Crippen MR) is 53.9 cm³/mol. The van der Waals surface area contributed by atoms with Crippen molar-refractivity contribution in [3.63, 3.8) is 0 Å². The summed E-state index contributed by atoms with van der Waals surface area (Å²) in [6, 6.07) is 7.20. The van der Waals surface area contributed by atoms with Gasteiger partial charge in [0, 0.05) is 16.2 Å². The van der Waals surface area contributed by atoms with E-state index in [0.29, 0.717) is 16.3 Å². The van der Waals surface area contributed by atoms with Crippen molar-refractivity contribution in [1.82, 2.24) is 0 Å². The molecule has 14 heavy (non-hydrogen) atoms. The van der Waals surface area contributed by atoms with E-state index in [1.165, 1.54) is 0 Å². The van der Waals surface area contributed by atoms with Crippen LogP contribution >= 0.6 is 11.6 Å². The van der Waals surface area contributed by atoms with Crippen molar-refractivity contribution in [2.45, 2.75) is 6.92 Å². The lowest BCUT2D eigenvalue weighted by atomic mass is 10.1. The first-order valence-corrected chi connectivity index (χ1v) is 4.49. The van der Waals surface area contributed by atoms with E-state index in [4.69, 9.17) is 11.6 Å². The van der Waals surface area contributed by atoms with Gasteiger partial charge in [-0.05, 0) is 19.1 Å². The van der Waals surface area contributed by atoms with Gasteiger partial charge in [-0.2, -0.15) is 0 Å². The van der Waals surface area contributed by atoms with Crippen LogP contribution in [0, 0.1) is 0 Å². The van der Waals surface area contributed by atoms with Crippen molar-refractivity contribution < 1.29 is 4.79 Å². The minimum absolute atomic E-state index is 0.278. The van der Waals surface area contributed by atoms with E-state index in [-0.39, 0.29) is 5.91 Å². The van der Waals surface area contributed by atoms with E-state index in [0.717, 1.165) is 5.56 Å². The quantitative estimate of drug-likeness (QED) is 0.696. The number of halogens is 1. The average molecular weight is 207 g/mol. The van der Waals surface area contributed by atoms with Crippen LogP contribution in [-0.2, 0) is 4.79 Å². The zero-order valence-corrected chi connectivity index (χ0v) is 8.25. The molecule has 0 N–H and O–H groups in total. The second kappa shape index (κ2) is 3.35. The third kappa shape index (κ3) is 1.46. The number of carbonyl (C=O) groups excluding carboxylic acids is 1. The van der Waals surface area contributed by atoms with Gasteiger partial charge in [-0.3, -0.25) is 4.79 Å². The van der Waals surface area contributed by atoms with Crippen LogP contribution in [0.5, 0.6) is 0 Å². The monoisotopic (exact) mass is 206 g/mol. The SMILES string of the molecule is CC1=C(c2cccc(Cl)c2)N=NC1=O. The summed E-state index contributed by atoms with van der Waals surface area (Å²) in [4.78, 5) is 11.1. The maximum Gasteiger partial charge on any atom is 0.293 e. The van der Waals surface area contributed by atoms with Crippen LogP contribution in [0.4, 0.5) is 0 Å². The highest BCUT2D eigenvalue weighted by molar-refractivity contribution is 6.30. The second-order valence-corrected chi connectivity index (χ2v) is 3.43. The van der Waals surface area contributed by atoms with Crippen LogP contribution in [0.1, 0.15) is 12.5 Å². The van der Waals surface area contributed by atoms with Gasteiger partial charge in [0.15, 0.2) is 0 Å². The molecule has 2 rings (SSSR count). The topological polar surface area (TPSA) is 41.8 Å². The van der Waals surface area contributed by atoms with Gasteiger partial charge in [-0.25, -0.2) is 0 Å². The Kier molecular flexibility index (Phi) is 2.17. The van der Waals surface area contributed by atoms with Gasteiger partial charge in [0.05, 0.1) is 0 Å². The van der Waals surface area contributed by atoms with Crippen molar-refractivity contribution in [2.75, 3.05) is 0 Å². The molecule has 0 atom stereocenters. The highest BCUT2D eigenvalue weighted by atomic mass is 35.5. The lowest BCUT2D eigenvalue weighted by Crippen LogP contribution is -1.90. The number of nitrogens with zero attached hydrogens (tertiary/aromatic N) is 2. The number of amides is 1. The van der Waals surface area contributed by atoms with Crippen molar-refractivity contribution in [2.24, 2.45) is 10.2 Å². The average Bonchev–Trinajstić information content (AvgIpc) is 2.48. The van der Waals surface area contributed by atoms with Gasteiger partial charge in [-0.15, -0.1) is 10.2 Å². The fourth-order valence-corrected chi connectivity index (χ4v) is 1.45. The van der Waals surface area contributed by atoms with Crippen molar-refractivity contribution in [3.05, 3.63) is 40.4 Å². The van der Waals surface area contributed by atoms with Crippen LogP contribution in [0.3, 0.4) is 0 Å². The first-order chi connectivity index (χ1) is 6.68. The summed E-state index contributed by atoms with van der Waals surface area (Å²) in [5.41, 5.74) is 1.99. The number of benzene rings is 1. The molecule has 0 aromatic heterocycles. The molecular formula is C10H7ClN2O. The summed E-state index contributed by atoms with van der Waals surface area (Å²) in [5, 5.41) is 7.90. The molecule has 0 radical (unpaired) electrons. The number of hydrogen-bond acceptors (Lipinski definition) is 2. The van der Waals surface area contributed by atoms with E-state index < -0.39 is 0 Å². The highest BCUT2D eigenvalue weighted by Crippen LogP contribution is 2.27. The number of rotatable bonds is 1. The van der Waals surface area contributed by atoms with E-state index in [9.17, 15) is 4.79 Å². The molecule has 1 aliphatic heterocycles. The fourth-order valence-electron chi connectivity index (χ4n) is 1.26. The van der Waals surface area contributed by atoms with Crippen molar-refractivity contribution >= 4 is 23.2 Å². The number of azo groups is 1. The molecule has 1 heterocycles. The largest absolute Gasteiger partial charge is 0.293 e. The summed E-state index contributed by atoms with van der Waals surface area (Å²) in [6.07, 6.45) is 0. The molecule has 70 valence electrons. The summed E-state index contributed by atoms with van der Waals surface area (Å²) in [5.74, 6) is -0.278. The molecule has 0 bridgehead atoms. The summed E-state index contributed by atoms with van der Waals surface area (Å²) < 4.78 is 0. The van der Waals surface area contributed by atoms with Crippen molar-refractivity contribution in [1.29, 1.82) is 0 Å². The zero-order valence-electron chi connectivity index (χ0n) is 7.49.